The van der Waals surface area contributed by atoms with E-state index in [0.29, 0.717) is 28.3 Å². The molecule has 6 nitrogen and oxygen atoms in total. The number of nitriles is 1. The van der Waals surface area contributed by atoms with E-state index in [4.69, 9.17) is 14.4 Å². The summed E-state index contributed by atoms with van der Waals surface area (Å²) < 4.78 is 10.5. The standard InChI is InChI=1S/C18H18N2O4S/c1-11-12(2)24-13(3)17(11)18(22)23-10-16(21)20-14-6-4-5-7-15(14)25-9-8-19/h4-7H,9-10H2,1-3H3,(H,20,21). The van der Waals surface area contributed by atoms with Crippen LogP contribution in [0.1, 0.15) is 27.4 Å². The summed E-state index contributed by atoms with van der Waals surface area (Å²) in [5, 5.41) is 11.4. The minimum Gasteiger partial charge on any atom is -0.465 e. The zero-order valence-electron chi connectivity index (χ0n) is 14.2. The van der Waals surface area contributed by atoms with Gasteiger partial charge in [0.15, 0.2) is 6.61 Å². The molecular weight excluding hydrogens is 340 g/mol. The summed E-state index contributed by atoms with van der Waals surface area (Å²) in [5.74, 6) is 0.360. The minimum atomic E-state index is -0.589. The number of carbonyl (C=O) groups excluding carboxylic acids is 2. The summed E-state index contributed by atoms with van der Waals surface area (Å²) in [5.41, 5.74) is 1.65. The van der Waals surface area contributed by atoms with Crippen LogP contribution < -0.4 is 5.32 Å². The monoisotopic (exact) mass is 358 g/mol. The third-order valence-electron chi connectivity index (χ3n) is 3.55. The highest BCUT2D eigenvalue weighted by molar-refractivity contribution is 7.99. The predicted octanol–water partition coefficient (Wildman–Crippen LogP) is 3.62. The zero-order valence-corrected chi connectivity index (χ0v) is 15.0. The second kappa shape index (κ2) is 8.40. The third-order valence-corrected chi connectivity index (χ3v) is 4.49. The van der Waals surface area contributed by atoms with Crippen LogP contribution in [0.3, 0.4) is 0 Å². The number of anilines is 1. The number of esters is 1. The number of carbonyl (C=O) groups is 2. The number of para-hydroxylation sites is 1. The van der Waals surface area contributed by atoms with Crippen LogP contribution in [0.15, 0.2) is 33.6 Å². The zero-order chi connectivity index (χ0) is 18.4. The summed E-state index contributed by atoms with van der Waals surface area (Å²) in [7, 11) is 0. The fraction of sp³-hybridized carbons (Fsp3) is 0.278. The number of amides is 1. The molecule has 2 rings (SSSR count). The van der Waals surface area contributed by atoms with Gasteiger partial charge in [-0.05, 0) is 32.9 Å². The maximum absolute atomic E-state index is 12.2. The number of benzene rings is 1. The van der Waals surface area contributed by atoms with Crippen molar-refractivity contribution in [2.45, 2.75) is 25.7 Å². The fourth-order valence-corrected chi connectivity index (χ4v) is 2.96. The van der Waals surface area contributed by atoms with Gasteiger partial charge in [0.05, 0.1) is 17.5 Å². The van der Waals surface area contributed by atoms with E-state index in [1.54, 1.807) is 32.9 Å². The van der Waals surface area contributed by atoms with E-state index < -0.39 is 18.5 Å². The molecule has 130 valence electrons. The van der Waals surface area contributed by atoms with Gasteiger partial charge in [-0.25, -0.2) is 4.79 Å². The molecule has 1 N–H and O–H groups in total. The molecule has 0 aliphatic heterocycles. The van der Waals surface area contributed by atoms with Crippen LogP contribution in [-0.4, -0.2) is 24.2 Å². The maximum atomic E-state index is 12.2. The lowest BCUT2D eigenvalue weighted by molar-refractivity contribution is -0.119. The molecule has 0 fully saturated rings. The quantitative estimate of drug-likeness (QED) is 0.626. The van der Waals surface area contributed by atoms with E-state index >= 15 is 0 Å². The Hall–Kier alpha value is -2.72. The van der Waals surface area contributed by atoms with Gasteiger partial charge >= 0.3 is 5.97 Å². The summed E-state index contributed by atoms with van der Waals surface area (Å²) >= 11 is 1.32. The average Bonchev–Trinajstić information content (AvgIpc) is 2.84. The SMILES string of the molecule is Cc1oc(C)c(C(=O)OCC(=O)Nc2ccccc2SCC#N)c1C. The molecule has 0 aliphatic carbocycles. The lowest BCUT2D eigenvalue weighted by atomic mass is 10.1. The van der Waals surface area contributed by atoms with Crippen molar-refractivity contribution in [3.63, 3.8) is 0 Å². The van der Waals surface area contributed by atoms with Crippen LogP contribution in [0.2, 0.25) is 0 Å². The van der Waals surface area contributed by atoms with E-state index in [-0.39, 0.29) is 5.75 Å². The first-order valence-electron chi connectivity index (χ1n) is 7.56. The number of nitrogens with zero attached hydrogens (tertiary/aromatic N) is 1. The Labute approximate surface area is 150 Å². The lowest BCUT2D eigenvalue weighted by Gasteiger charge is -2.10. The molecule has 2 aromatic rings. The summed E-state index contributed by atoms with van der Waals surface area (Å²) in [6.07, 6.45) is 0. The van der Waals surface area contributed by atoms with Gasteiger partial charge in [0.25, 0.3) is 5.91 Å². The van der Waals surface area contributed by atoms with Gasteiger partial charge in [-0.3, -0.25) is 4.79 Å². The van der Waals surface area contributed by atoms with Crippen molar-refractivity contribution in [3.05, 3.63) is 46.9 Å². The van der Waals surface area contributed by atoms with Crippen LogP contribution >= 0.6 is 11.8 Å². The molecule has 0 spiro atoms. The van der Waals surface area contributed by atoms with E-state index in [1.165, 1.54) is 11.8 Å². The Kier molecular flexibility index (Phi) is 6.25. The molecule has 0 radical (unpaired) electrons. The fourth-order valence-electron chi connectivity index (χ4n) is 2.29. The van der Waals surface area contributed by atoms with E-state index in [0.717, 1.165) is 4.90 Å². The molecule has 0 saturated carbocycles. The molecule has 1 amide bonds. The predicted molar refractivity (Wildman–Crippen MR) is 94.6 cm³/mol. The average molecular weight is 358 g/mol. The van der Waals surface area contributed by atoms with Crippen molar-refractivity contribution < 1.29 is 18.7 Å². The molecule has 0 bridgehead atoms. The number of thioether (sulfide) groups is 1. The van der Waals surface area contributed by atoms with Crippen LogP contribution in [-0.2, 0) is 9.53 Å². The number of aryl methyl sites for hydroxylation is 2. The largest absolute Gasteiger partial charge is 0.465 e. The van der Waals surface area contributed by atoms with Crippen molar-refractivity contribution in [2.75, 3.05) is 17.7 Å². The first kappa shape index (κ1) is 18.6. The second-order valence-electron chi connectivity index (χ2n) is 5.28. The lowest BCUT2D eigenvalue weighted by Crippen LogP contribution is -2.21. The van der Waals surface area contributed by atoms with Crippen LogP contribution in [0.25, 0.3) is 0 Å². The molecular formula is C18H18N2O4S. The number of hydrogen-bond acceptors (Lipinski definition) is 6. The molecule has 7 heteroatoms. The number of rotatable bonds is 6. The Morgan fingerprint density at radius 2 is 1.96 bits per heavy atom. The van der Waals surface area contributed by atoms with Gasteiger partial charge in [0, 0.05) is 10.5 Å². The smallest absolute Gasteiger partial charge is 0.342 e. The highest BCUT2D eigenvalue weighted by Gasteiger charge is 2.20. The number of ether oxygens (including phenoxy) is 1. The summed E-state index contributed by atoms with van der Waals surface area (Å²) in [6.45, 7) is 4.81. The van der Waals surface area contributed by atoms with Crippen molar-refractivity contribution in [1.29, 1.82) is 5.26 Å². The normalized spacial score (nSPS) is 10.2. The van der Waals surface area contributed by atoms with E-state index in [1.807, 2.05) is 18.2 Å². The van der Waals surface area contributed by atoms with Crippen molar-refractivity contribution in [3.8, 4) is 6.07 Å². The topological polar surface area (TPSA) is 92.3 Å². The third kappa shape index (κ3) is 4.64. The summed E-state index contributed by atoms with van der Waals surface area (Å²) in [4.78, 5) is 25.0. The Bertz CT molecular complexity index is 836. The maximum Gasteiger partial charge on any atom is 0.342 e. The van der Waals surface area contributed by atoms with Crippen molar-refractivity contribution in [1.82, 2.24) is 0 Å². The highest BCUT2D eigenvalue weighted by Crippen LogP contribution is 2.26. The molecule has 0 atom stereocenters. The van der Waals surface area contributed by atoms with Crippen LogP contribution in [0, 0.1) is 32.1 Å². The summed E-state index contributed by atoms with van der Waals surface area (Å²) in [6, 6.07) is 9.18. The van der Waals surface area contributed by atoms with Crippen molar-refractivity contribution in [2.24, 2.45) is 0 Å². The van der Waals surface area contributed by atoms with Gasteiger partial charge in [-0.2, -0.15) is 5.26 Å². The van der Waals surface area contributed by atoms with Crippen LogP contribution in [0.4, 0.5) is 5.69 Å². The first-order chi connectivity index (χ1) is 11.9. The second-order valence-corrected chi connectivity index (χ2v) is 6.30. The minimum absolute atomic E-state index is 0.278. The number of hydrogen-bond donors (Lipinski definition) is 1. The van der Waals surface area contributed by atoms with Crippen LogP contribution in [0.5, 0.6) is 0 Å². The molecule has 0 unspecified atom stereocenters. The molecule has 1 aromatic heterocycles. The van der Waals surface area contributed by atoms with E-state index in [9.17, 15) is 9.59 Å². The number of furan rings is 1. The van der Waals surface area contributed by atoms with Gasteiger partial charge in [0.1, 0.15) is 17.1 Å². The first-order valence-corrected chi connectivity index (χ1v) is 8.55. The Morgan fingerprint density at radius 3 is 2.60 bits per heavy atom. The Morgan fingerprint density at radius 1 is 1.24 bits per heavy atom. The molecule has 25 heavy (non-hydrogen) atoms. The van der Waals surface area contributed by atoms with Gasteiger partial charge < -0.3 is 14.5 Å². The molecule has 1 heterocycles. The van der Waals surface area contributed by atoms with Gasteiger partial charge in [-0.1, -0.05) is 12.1 Å². The highest BCUT2D eigenvalue weighted by atomic mass is 32.2. The van der Waals surface area contributed by atoms with Gasteiger partial charge in [-0.15, -0.1) is 11.8 Å². The van der Waals surface area contributed by atoms with E-state index in [2.05, 4.69) is 5.32 Å². The molecule has 1 aromatic carbocycles. The number of nitrogens with one attached hydrogen (secondary N) is 1. The molecule has 0 saturated heterocycles. The van der Waals surface area contributed by atoms with Gasteiger partial charge in [0.2, 0.25) is 0 Å². The Balaban J connectivity index is 1.97. The molecule has 0 aliphatic rings. The van der Waals surface area contributed by atoms with Crippen molar-refractivity contribution >= 4 is 29.3 Å².